The van der Waals surface area contributed by atoms with Crippen LogP contribution >= 0.6 is 0 Å². The van der Waals surface area contributed by atoms with Crippen LogP contribution in [-0.4, -0.2) is 40.2 Å². The van der Waals surface area contributed by atoms with E-state index in [1.54, 1.807) is 53.0 Å². The number of hydrogen-bond donors (Lipinski definition) is 0. The molecular formula is C30H26F4IN4O-. The number of aryl methyl sites for hydroxylation is 1. The van der Waals surface area contributed by atoms with Crippen molar-refractivity contribution in [2.45, 2.75) is 25.8 Å². The van der Waals surface area contributed by atoms with Crippen molar-refractivity contribution in [2.75, 3.05) is 18.0 Å². The van der Waals surface area contributed by atoms with Gasteiger partial charge < -0.3 is 0 Å². The Morgan fingerprint density at radius 2 is 1.73 bits per heavy atom. The van der Waals surface area contributed by atoms with Crippen LogP contribution in [0.25, 0.3) is 22.2 Å². The number of piperidine rings is 1. The summed E-state index contributed by atoms with van der Waals surface area (Å²) in [5.74, 6) is -0.201. The van der Waals surface area contributed by atoms with Crippen LogP contribution in [0.5, 0.6) is 0 Å². The average molecular weight is 661 g/mol. The van der Waals surface area contributed by atoms with E-state index in [4.69, 9.17) is 0 Å². The molecule has 1 saturated heterocycles. The molecule has 0 unspecified atom stereocenters. The second kappa shape index (κ2) is 10.9. The monoisotopic (exact) mass is 661 g/mol. The summed E-state index contributed by atoms with van der Waals surface area (Å²) in [6.45, 7) is -1.72. The molecule has 0 bridgehead atoms. The van der Waals surface area contributed by atoms with Crippen molar-refractivity contribution in [3.05, 3.63) is 91.2 Å². The van der Waals surface area contributed by atoms with E-state index in [2.05, 4.69) is 5.10 Å². The molecule has 1 fully saturated rings. The summed E-state index contributed by atoms with van der Waals surface area (Å²) in [4.78, 5) is 16.7. The number of allylic oxidation sites excluding steroid dienone is 1. The zero-order valence-corrected chi connectivity index (χ0v) is 23.7. The van der Waals surface area contributed by atoms with E-state index in [1.807, 2.05) is 22.3 Å². The number of benzene rings is 3. The second-order valence-electron chi connectivity index (χ2n) is 9.91. The molecule has 3 aromatic carbocycles. The Morgan fingerprint density at radius 3 is 2.48 bits per heavy atom. The van der Waals surface area contributed by atoms with Crippen molar-refractivity contribution in [3.63, 3.8) is 0 Å². The molecule has 3 heterocycles. The van der Waals surface area contributed by atoms with Gasteiger partial charge in [0.25, 0.3) is 6.43 Å². The predicted molar refractivity (Wildman–Crippen MR) is 141 cm³/mol. The van der Waals surface area contributed by atoms with Crippen molar-refractivity contribution in [2.24, 2.45) is 13.0 Å². The zero-order chi connectivity index (χ0) is 28.0. The Morgan fingerprint density at radius 1 is 0.975 bits per heavy atom. The van der Waals surface area contributed by atoms with E-state index in [1.165, 1.54) is 17.0 Å². The van der Waals surface area contributed by atoms with Crippen LogP contribution in [0.3, 0.4) is 0 Å². The molecule has 40 heavy (non-hydrogen) atoms. The van der Waals surface area contributed by atoms with Gasteiger partial charge >= 0.3 is 195 Å². The molecule has 2 aliphatic heterocycles. The van der Waals surface area contributed by atoms with Crippen LogP contribution < -0.4 is 26.1 Å². The molecule has 10 heteroatoms. The number of alkyl halides is 4. The van der Waals surface area contributed by atoms with Gasteiger partial charge in [0, 0.05) is 5.56 Å². The first kappa shape index (κ1) is 26.8. The molecule has 0 atom stereocenters. The molecule has 208 valence electrons. The fourth-order valence-corrected chi connectivity index (χ4v) is 8.28. The Kier molecular flexibility index (Phi) is 7.28. The molecule has 5 nitrogen and oxygen atoms in total. The van der Waals surface area contributed by atoms with Crippen LogP contribution in [0.4, 0.5) is 23.2 Å². The van der Waals surface area contributed by atoms with Crippen LogP contribution in [0.1, 0.15) is 35.2 Å². The summed E-state index contributed by atoms with van der Waals surface area (Å²) in [6, 6.07) is 18.8. The fraction of sp³-hybridized carbons (Fsp3) is 0.267. The Bertz CT molecular complexity index is 1610. The molecule has 1 amide bonds. The number of fused-ring (bicyclic) bond motifs is 2. The molecule has 2 aliphatic rings. The van der Waals surface area contributed by atoms with E-state index < -0.39 is 34.2 Å². The number of nitrogens with zero attached hydrogens (tertiary/aromatic N) is 4. The van der Waals surface area contributed by atoms with Crippen LogP contribution in [-0.2, 0) is 7.05 Å². The third-order valence-corrected chi connectivity index (χ3v) is 10.1. The number of carbonyl (C=O) groups excluding carboxylic acids is 1. The first-order chi connectivity index (χ1) is 19.3. The third kappa shape index (κ3) is 4.76. The molecule has 0 N–H and O–H groups in total. The van der Waals surface area contributed by atoms with Crippen LogP contribution in [0.15, 0.2) is 76.5 Å². The number of rotatable bonds is 5. The van der Waals surface area contributed by atoms with Gasteiger partial charge in [0.2, 0.25) is 0 Å². The second-order valence-corrected chi connectivity index (χ2v) is 12.3. The standard InChI is InChI=1S/C30H26F4IN4O/c1-37-27-21(26(36-37)19-6-4-7-20(16-19)28(31)32)8-5-9-22(27)29(40)38-14-12-18(13-15-38)25-17-35-23-10-2-3-11-24(23)39(25)30(33)34/h2-11,16-18,28,30H,12-15H2,1H3/q-1. The van der Waals surface area contributed by atoms with Gasteiger partial charge in [-0.2, -0.15) is 0 Å². The number of anilines is 1. The van der Waals surface area contributed by atoms with Gasteiger partial charge in [-0.1, -0.05) is 18.2 Å². The van der Waals surface area contributed by atoms with E-state index >= 15 is 0 Å². The van der Waals surface area contributed by atoms with Gasteiger partial charge in [-0.15, -0.1) is 0 Å². The minimum absolute atomic E-state index is 0.0488. The number of amides is 1. The molecule has 0 spiro atoms. The number of likely N-dealkylation sites (tertiary alicyclic amines) is 1. The quantitative estimate of drug-likeness (QED) is 0.186. The van der Waals surface area contributed by atoms with E-state index in [0.717, 1.165) is 3.57 Å². The third-order valence-electron chi connectivity index (χ3n) is 7.58. The molecule has 1 aromatic heterocycles. The summed E-state index contributed by atoms with van der Waals surface area (Å²) in [7, 11) is 1.74. The Labute approximate surface area is 239 Å². The molecule has 6 rings (SSSR count). The number of aromatic nitrogens is 2. The maximum absolute atomic E-state index is 14.2. The van der Waals surface area contributed by atoms with Crippen molar-refractivity contribution in [3.8, 4) is 11.3 Å². The minimum atomic E-state index is -2.63. The molecule has 0 aliphatic carbocycles. The number of halogens is 5. The van der Waals surface area contributed by atoms with E-state index in [-0.39, 0.29) is 17.4 Å². The van der Waals surface area contributed by atoms with Crippen LogP contribution in [0.2, 0.25) is 0 Å². The van der Waals surface area contributed by atoms with Crippen LogP contribution in [0, 0.1) is 9.49 Å². The van der Waals surface area contributed by atoms with Gasteiger partial charge in [0.15, 0.2) is 0 Å². The zero-order valence-electron chi connectivity index (χ0n) is 21.6. The topological polar surface area (TPSA) is 41.4 Å². The molecule has 0 radical (unpaired) electrons. The van der Waals surface area contributed by atoms with Crippen molar-refractivity contribution >= 4 is 22.5 Å². The van der Waals surface area contributed by atoms with E-state index in [0.29, 0.717) is 65.0 Å². The van der Waals surface area contributed by atoms with Gasteiger partial charge in [-0.3, -0.25) is 0 Å². The van der Waals surface area contributed by atoms with Gasteiger partial charge in [0.1, 0.15) is 0 Å². The maximum atomic E-state index is 14.2. The van der Waals surface area contributed by atoms with Crippen molar-refractivity contribution in [1.82, 2.24) is 14.7 Å². The summed E-state index contributed by atoms with van der Waals surface area (Å²) in [5.41, 5.74) is 3.39. The Hall–Kier alpha value is -3.41. The summed E-state index contributed by atoms with van der Waals surface area (Å²) in [5, 5.41) is 5.29. The number of para-hydroxylation sites is 2. The number of carbonyl (C=O) groups is 1. The normalized spacial score (nSPS) is 16.3. The molecule has 4 aromatic rings. The first-order valence-corrected chi connectivity index (χ1v) is 15.3. The Balaban J connectivity index is 1.24. The van der Waals surface area contributed by atoms with Gasteiger partial charge in [0.05, 0.1) is 0 Å². The predicted octanol–water partition coefficient (Wildman–Crippen LogP) is 3.87. The summed E-state index contributed by atoms with van der Waals surface area (Å²) in [6.07, 6.45) is -1.40. The summed E-state index contributed by atoms with van der Waals surface area (Å²) >= 11 is -0.502. The molecular weight excluding hydrogens is 635 g/mol. The SMILES string of the molecule is Cn1nc(-c2cccc(C(F)F)c2)c2cccc(C(=O)N3CCC(C4=C[I-]c5ccccc5N4C(F)F)CC3)c21. The summed E-state index contributed by atoms with van der Waals surface area (Å²) < 4.78 is 59.6. The van der Waals surface area contributed by atoms with Gasteiger partial charge in [-0.25, -0.2) is 8.78 Å². The fourth-order valence-electron chi connectivity index (χ4n) is 5.64. The van der Waals surface area contributed by atoms with Crippen molar-refractivity contribution in [1.29, 1.82) is 0 Å². The average Bonchev–Trinajstić information content (AvgIpc) is 3.32. The molecule has 0 saturated carbocycles. The van der Waals surface area contributed by atoms with Crippen molar-refractivity contribution < 1.29 is 43.6 Å². The van der Waals surface area contributed by atoms with Gasteiger partial charge in [-0.05, 0) is 6.07 Å². The first-order valence-electron chi connectivity index (χ1n) is 13.0. The number of hydrogen-bond acceptors (Lipinski definition) is 3. The van der Waals surface area contributed by atoms with E-state index in [9.17, 15) is 22.4 Å².